The van der Waals surface area contributed by atoms with Gasteiger partial charge in [0.1, 0.15) is 0 Å². The second-order valence-corrected chi connectivity index (χ2v) is 5.92. The Morgan fingerprint density at radius 3 is 2.59 bits per heavy atom. The Hall–Kier alpha value is -0.830. The van der Waals surface area contributed by atoms with Crippen LogP contribution in [0.15, 0.2) is 22.7 Å². The first-order valence-corrected chi connectivity index (χ1v) is 6.85. The lowest BCUT2D eigenvalue weighted by Crippen LogP contribution is -2.26. The van der Waals surface area contributed by atoms with Crippen LogP contribution in [0.5, 0.6) is 0 Å². The minimum atomic E-state index is 0.103. The molecule has 1 fully saturated rings. The number of ketones is 1. The second-order valence-electron chi connectivity index (χ2n) is 5.06. The Labute approximate surface area is 111 Å². The van der Waals surface area contributed by atoms with Crippen LogP contribution in [0.2, 0.25) is 0 Å². The standard InChI is InChI=1S/C14H18BrNO/c1-9-6-10(2)16(8-9)12-4-5-13(11(3)17)14(15)7-12/h4-5,7,9-10H,6,8H2,1-3H3. The summed E-state index contributed by atoms with van der Waals surface area (Å²) in [7, 11) is 0. The molecule has 1 aromatic carbocycles. The van der Waals surface area contributed by atoms with Gasteiger partial charge in [-0.1, -0.05) is 6.92 Å². The number of carbonyl (C=O) groups is 1. The van der Waals surface area contributed by atoms with Crippen molar-refractivity contribution in [2.24, 2.45) is 5.92 Å². The van der Waals surface area contributed by atoms with Gasteiger partial charge in [-0.2, -0.15) is 0 Å². The molecule has 2 atom stereocenters. The zero-order valence-electron chi connectivity index (χ0n) is 10.5. The van der Waals surface area contributed by atoms with E-state index in [9.17, 15) is 4.79 Å². The van der Waals surface area contributed by atoms with Crippen LogP contribution in [-0.2, 0) is 0 Å². The number of hydrogen-bond acceptors (Lipinski definition) is 2. The van der Waals surface area contributed by atoms with Gasteiger partial charge in [-0.3, -0.25) is 4.79 Å². The summed E-state index contributed by atoms with van der Waals surface area (Å²) in [5.41, 5.74) is 1.97. The number of rotatable bonds is 2. The molecule has 2 rings (SSSR count). The molecule has 0 radical (unpaired) electrons. The Kier molecular flexibility index (Phi) is 3.57. The first kappa shape index (κ1) is 12.6. The van der Waals surface area contributed by atoms with Crippen LogP contribution >= 0.6 is 15.9 Å². The average molecular weight is 296 g/mol. The summed E-state index contributed by atoms with van der Waals surface area (Å²) in [6, 6.07) is 6.61. The van der Waals surface area contributed by atoms with Crippen molar-refractivity contribution in [3.05, 3.63) is 28.2 Å². The fraction of sp³-hybridized carbons (Fsp3) is 0.500. The normalized spacial score (nSPS) is 24.1. The highest BCUT2D eigenvalue weighted by Crippen LogP contribution is 2.31. The lowest BCUT2D eigenvalue weighted by Gasteiger charge is -2.24. The molecular formula is C14H18BrNO. The lowest BCUT2D eigenvalue weighted by atomic mass is 10.1. The van der Waals surface area contributed by atoms with Gasteiger partial charge in [0.05, 0.1) is 0 Å². The van der Waals surface area contributed by atoms with Crippen LogP contribution in [0.3, 0.4) is 0 Å². The predicted octanol–water partition coefficient (Wildman–Crippen LogP) is 3.89. The zero-order valence-corrected chi connectivity index (χ0v) is 12.1. The molecule has 1 aliphatic rings. The van der Waals surface area contributed by atoms with E-state index in [1.54, 1.807) is 6.92 Å². The molecule has 1 heterocycles. The molecule has 0 aromatic heterocycles. The molecule has 2 unspecified atom stereocenters. The van der Waals surface area contributed by atoms with E-state index >= 15 is 0 Å². The number of halogens is 1. The van der Waals surface area contributed by atoms with Crippen LogP contribution in [0.1, 0.15) is 37.6 Å². The van der Waals surface area contributed by atoms with Crippen molar-refractivity contribution in [2.45, 2.75) is 33.2 Å². The third kappa shape index (κ3) is 2.54. The third-order valence-electron chi connectivity index (χ3n) is 3.45. The van der Waals surface area contributed by atoms with Crippen LogP contribution in [0, 0.1) is 5.92 Å². The molecule has 1 aliphatic heterocycles. The highest BCUT2D eigenvalue weighted by Gasteiger charge is 2.26. The van der Waals surface area contributed by atoms with Gasteiger partial charge in [0, 0.05) is 28.3 Å². The summed E-state index contributed by atoms with van der Waals surface area (Å²) < 4.78 is 0.897. The Balaban J connectivity index is 2.29. The average Bonchev–Trinajstić information content (AvgIpc) is 2.57. The Morgan fingerprint density at radius 1 is 1.41 bits per heavy atom. The zero-order chi connectivity index (χ0) is 12.6. The molecule has 0 amide bonds. The van der Waals surface area contributed by atoms with Crippen molar-refractivity contribution >= 4 is 27.4 Å². The van der Waals surface area contributed by atoms with Crippen molar-refractivity contribution < 1.29 is 4.79 Å². The first-order chi connectivity index (χ1) is 7.99. The van der Waals surface area contributed by atoms with Crippen LogP contribution in [0.4, 0.5) is 5.69 Å². The van der Waals surface area contributed by atoms with Gasteiger partial charge in [-0.05, 0) is 60.3 Å². The molecule has 0 aliphatic carbocycles. The molecule has 1 saturated heterocycles. The van der Waals surface area contributed by atoms with Crippen molar-refractivity contribution in [2.75, 3.05) is 11.4 Å². The summed E-state index contributed by atoms with van der Waals surface area (Å²) in [4.78, 5) is 13.8. The molecule has 0 saturated carbocycles. The molecule has 92 valence electrons. The lowest BCUT2D eigenvalue weighted by molar-refractivity contribution is 0.101. The molecule has 2 nitrogen and oxygen atoms in total. The van der Waals surface area contributed by atoms with Crippen LogP contribution in [0.25, 0.3) is 0 Å². The fourth-order valence-corrected chi connectivity index (χ4v) is 3.27. The largest absolute Gasteiger partial charge is 0.369 e. The number of carbonyl (C=O) groups excluding carboxylic acids is 1. The smallest absolute Gasteiger partial charge is 0.160 e. The summed E-state index contributed by atoms with van der Waals surface area (Å²) in [5, 5.41) is 0. The van der Waals surface area contributed by atoms with E-state index in [2.05, 4.69) is 46.8 Å². The van der Waals surface area contributed by atoms with Crippen LogP contribution in [-0.4, -0.2) is 18.4 Å². The number of benzene rings is 1. The SMILES string of the molecule is CC(=O)c1ccc(N2CC(C)CC2C)cc1Br. The van der Waals surface area contributed by atoms with E-state index in [4.69, 9.17) is 0 Å². The monoisotopic (exact) mass is 295 g/mol. The van der Waals surface area contributed by atoms with E-state index < -0.39 is 0 Å². The maximum atomic E-state index is 11.4. The van der Waals surface area contributed by atoms with Crippen molar-refractivity contribution in [1.29, 1.82) is 0 Å². The molecule has 0 spiro atoms. The minimum absolute atomic E-state index is 0.103. The summed E-state index contributed by atoms with van der Waals surface area (Å²) in [5.74, 6) is 0.850. The Bertz CT molecular complexity index is 444. The molecular weight excluding hydrogens is 278 g/mol. The number of anilines is 1. The molecule has 17 heavy (non-hydrogen) atoms. The topological polar surface area (TPSA) is 20.3 Å². The number of Topliss-reactive ketones (excluding diaryl/α,β-unsaturated/α-hetero) is 1. The van der Waals surface area contributed by atoms with Gasteiger partial charge in [0.15, 0.2) is 5.78 Å². The van der Waals surface area contributed by atoms with E-state index in [-0.39, 0.29) is 5.78 Å². The van der Waals surface area contributed by atoms with Crippen molar-refractivity contribution in [1.82, 2.24) is 0 Å². The maximum absolute atomic E-state index is 11.4. The predicted molar refractivity (Wildman–Crippen MR) is 74.7 cm³/mol. The molecule has 3 heteroatoms. The van der Waals surface area contributed by atoms with Crippen LogP contribution < -0.4 is 4.90 Å². The first-order valence-electron chi connectivity index (χ1n) is 6.06. The minimum Gasteiger partial charge on any atom is -0.369 e. The van der Waals surface area contributed by atoms with Gasteiger partial charge >= 0.3 is 0 Å². The van der Waals surface area contributed by atoms with Gasteiger partial charge in [0.2, 0.25) is 0 Å². The van der Waals surface area contributed by atoms with Gasteiger partial charge in [0.25, 0.3) is 0 Å². The van der Waals surface area contributed by atoms with Crippen molar-refractivity contribution in [3.8, 4) is 0 Å². The van der Waals surface area contributed by atoms with E-state index in [1.165, 1.54) is 12.1 Å². The van der Waals surface area contributed by atoms with Gasteiger partial charge < -0.3 is 4.90 Å². The van der Waals surface area contributed by atoms with E-state index in [0.29, 0.717) is 6.04 Å². The fourth-order valence-electron chi connectivity index (χ4n) is 2.63. The molecule has 0 bridgehead atoms. The van der Waals surface area contributed by atoms with E-state index in [1.807, 2.05) is 6.07 Å². The number of hydrogen-bond donors (Lipinski definition) is 0. The quantitative estimate of drug-likeness (QED) is 0.772. The summed E-state index contributed by atoms with van der Waals surface area (Å²) in [6.07, 6.45) is 1.24. The number of nitrogens with zero attached hydrogens (tertiary/aromatic N) is 1. The molecule has 1 aromatic rings. The maximum Gasteiger partial charge on any atom is 0.160 e. The highest BCUT2D eigenvalue weighted by atomic mass is 79.9. The second kappa shape index (κ2) is 4.81. The van der Waals surface area contributed by atoms with Gasteiger partial charge in [-0.15, -0.1) is 0 Å². The third-order valence-corrected chi connectivity index (χ3v) is 4.10. The van der Waals surface area contributed by atoms with E-state index in [0.717, 1.165) is 22.5 Å². The highest BCUT2D eigenvalue weighted by molar-refractivity contribution is 9.10. The summed E-state index contributed by atoms with van der Waals surface area (Å²) in [6.45, 7) is 7.25. The summed E-state index contributed by atoms with van der Waals surface area (Å²) >= 11 is 3.48. The van der Waals surface area contributed by atoms with Gasteiger partial charge in [-0.25, -0.2) is 0 Å². The molecule has 0 N–H and O–H groups in total. The van der Waals surface area contributed by atoms with Crippen molar-refractivity contribution in [3.63, 3.8) is 0 Å². The Morgan fingerprint density at radius 2 is 2.12 bits per heavy atom.